The van der Waals surface area contributed by atoms with Crippen LogP contribution in [0, 0.1) is 10.1 Å². The van der Waals surface area contributed by atoms with Crippen LogP contribution in [-0.2, 0) is 6.54 Å². The summed E-state index contributed by atoms with van der Waals surface area (Å²) in [4.78, 5) is 16.7. The lowest BCUT2D eigenvalue weighted by atomic mass is 10.1. The van der Waals surface area contributed by atoms with E-state index in [1.54, 1.807) is 5.01 Å². The molecule has 1 saturated heterocycles. The van der Waals surface area contributed by atoms with Crippen molar-refractivity contribution in [2.24, 2.45) is 5.84 Å². The predicted octanol–water partition coefficient (Wildman–Crippen LogP) is -0.568. The van der Waals surface area contributed by atoms with Gasteiger partial charge in [-0.3, -0.25) is 10.7 Å². The molecule has 0 unspecified atom stereocenters. The van der Waals surface area contributed by atoms with Crippen molar-refractivity contribution in [3.8, 4) is 6.01 Å². The number of aromatic nitrogens is 2. The molecule has 2 aliphatic heterocycles. The fourth-order valence-electron chi connectivity index (χ4n) is 2.75. The van der Waals surface area contributed by atoms with E-state index in [2.05, 4.69) is 16.8 Å². The third-order valence-electron chi connectivity index (χ3n) is 4.07. The molecular weight excluding hydrogens is 264 g/mol. The van der Waals surface area contributed by atoms with E-state index in [1.165, 1.54) is 10.8 Å². The van der Waals surface area contributed by atoms with Crippen molar-refractivity contribution in [2.45, 2.75) is 25.6 Å². The topological polar surface area (TPSA) is 103 Å². The van der Waals surface area contributed by atoms with Gasteiger partial charge in [0.15, 0.2) is 6.10 Å². The third kappa shape index (κ3) is 2.23. The van der Waals surface area contributed by atoms with E-state index in [4.69, 9.17) is 10.6 Å². The molecule has 20 heavy (non-hydrogen) atoms. The maximum Gasteiger partial charge on any atom is 0.391 e. The Balaban J connectivity index is 1.67. The molecule has 2 aliphatic rings. The number of imidazole rings is 1. The predicted molar refractivity (Wildman–Crippen MR) is 70.1 cm³/mol. The molecule has 0 saturated carbocycles. The zero-order chi connectivity index (χ0) is 14.3. The Morgan fingerprint density at radius 2 is 2.20 bits per heavy atom. The van der Waals surface area contributed by atoms with Crippen LogP contribution in [0.4, 0.5) is 5.82 Å². The lowest BCUT2D eigenvalue weighted by Crippen LogP contribution is -2.55. The van der Waals surface area contributed by atoms with Crippen molar-refractivity contribution in [2.75, 3.05) is 26.2 Å². The van der Waals surface area contributed by atoms with Crippen molar-refractivity contribution < 1.29 is 9.66 Å². The Morgan fingerprint density at radius 3 is 2.85 bits per heavy atom. The summed E-state index contributed by atoms with van der Waals surface area (Å²) in [7, 11) is 0. The van der Waals surface area contributed by atoms with Crippen molar-refractivity contribution in [3.63, 3.8) is 0 Å². The number of nitrogens with zero attached hydrogens (tertiary/aromatic N) is 5. The molecule has 9 heteroatoms. The Labute approximate surface area is 116 Å². The molecule has 1 aromatic rings. The van der Waals surface area contributed by atoms with Crippen LogP contribution >= 0.6 is 0 Å². The maximum absolute atomic E-state index is 10.9. The average molecular weight is 282 g/mol. The first-order valence-electron chi connectivity index (χ1n) is 6.66. The molecule has 0 aromatic carbocycles. The first-order chi connectivity index (χ1) is 9.56. The van der Waals surface area contributed by atoms with Crippen LogP contribution in [-0.4, -0.2) is 62.7 Å². The highest BCUT2D eigenvalue weighted by atomic mass is 16.6. The number of hydrazine groups is 1. The van der Waals surface area contributed by atoms with Crippen LogP contribution in [0.5, 0.6) is 6.01 Å². The van der Waals surface area contributed by atoms with E-state index < -0.39 is 4.92 Å². The van der Waals surface area contributed by atoms with Crippen LogP contribution in [0.2, 0.25) is 0 Å². The van der Waals surface area contributed by atoms with Crippen LogP contribution in [0.15, 0.2) is 6.20 Å². The molecule has 3 rings (SSSR count). The van der Waals surface area contributed by atoms with Gasteiger partial charge in [0.25, 0.3) is 0 Å². The Bertz CT molecular complexity index is 510. The number of nitro groups is 1. The highest BCUT2D eigenvalue weighted by Crippen LogP contribution is 2.29. The van der Waals surface area contributed by atoms with Gasteiger partial charge in [0.2, 0.25) is 0 Å². The number of rotatable bonds is 3. The van der Waals surface area contributed by atoms with Gasteiger partial charge >= 0.3 is 11.8 Å². The lowest BCUT2D eigenvalue weighted by Gasteiger charge is -2.37. The first-order valence-corrected chi connectivity index (χ1v) is 6.66. The minimum Gasteiger partial charge on any atom is -0.438 e. The maximum atomic E-state index is 10.9. The summed E-state index contributed by atoms with van der Waals surface area (Å²) in [6.45, 7) is 5.94. The molecule has 2 N–H and O–H groups in total. The summed E-state index contributed by atoms with van der Waals surface area (Å²) in [6, 6.07) is 0.510. The molecule has 1 fully saturated rings. The Hall–Kier alpha value is -1.71. The second-order valence-corrected chi connectivity index (χ2v) is 5.24. The monoisotopic (exact) mass is 282 g/mol. The fraction of sp³-hybridized carbons (Fsp3) is 0.727. The summed E-state index contributed by atoms with van der Waals surface area (Å²) < 4.78 is 7.27. The van der Waals surface area contributed by atoms with Gasteiger partial charge in [-0.15, -0.1) is 0 Å². The summed E-state index contributed by atoms with van der Waals surface area (Å²) in [5.41, 5.74) is 0. The van der Waals surface area contributed by atoms with Gasteiger partial charge in [-0.25, -0.2) is 5.01 Å². The molecule has 2 atom stereocenters. The zero-order valence-corrected chi connectivity index (χ0v) is 11.3. The molecular formula is C11H18N6O3. The van der Waals surface area contributed by atoms with E-state index >= 15 is 0 Å². The third-order valence-corrected chi connectivity index (χ3v) is 4.07. The smallest absolute Gasteiger partial charge is 0.391 e. The van der Waals surface area contributed by atoms with Gasteiger partial charge < -0.3 is 14.9 Å². The van der Waals surface area contributed by atoms with Crippen molar-refractivity contribution >= 4 is 5.82 Å². The summed E-state index contributed by atoms with van der Waals surface area (Å²) in [6.07, 6.45) is 1.13. The molecule has 0 aliphatic carbocycles. The molecule has 1 aromatic heterocycles. The largest absolute Gasteiger partial charge is 0.438 e. The second kappa shape index (κ2) is 5.00. The number of ether oxygens (including phenoxy) is 1. The van der Waals surface area contributed by atoms with Crippen LogP contribution in [0.3, 0.4) is 0 Å². The lowest BCUT2D eigenvalue weighted by molar-refractivity contribution is -0.392. The molecule has 110 valence electrons. The minimum absolute atomic E-state index is 0.0125. The van der Waals surface area contributed by atoms with Crippen molar-refractivity contribution in [1.29, 1.82) is 0 Å². The van der Waals surface area contributed by atoms with Crippen molar-refractivity contribution in [3.05, 3.63) is 16.3 Å². The van der Waals surface area contributed by atoms with Crippen LogP contribution < -0.4 is 10.6 Å². The van der Waals surface area contributed by atoms with Crippen LogP contribution in [0.25, 0.3) is 0 Å². The first kappa shape index (κ1) is 13.3. The van der Waals surface area contributed by atoms with Gasteiger partial charge in [-0.2, -0.15) is 9.55 Å². The zero-order valence-electron chi connectivity index (χ0n) is 11.3. The Kier molecular flexibility index (Phi) is 3.32. The van der Waals surface area contributed by atoms with E-state index in [-0.39, 0.29) is 18.0 Å². The molecule has 0 radical (unpaired) electrons. The summed E-state index contributed by atoms with van der Waals surface area (Å²) >= 11 is 0. The molecule has 0 amide bonds. The molecule has 3 heterocycles. The Morgan fingerprint density at radius 1 is 1.50 bits per heavy atom. The van der Waals surface area contributed by atoms with E-state index in [0.717, 1.165) is 26.2 Å². The van der Waals surface area contributed by atoms with E-state index in [0.29, 0.717) is 12.6 Å². The summed E-state index contributed by atoms with van der Waals surface area (Å²) in [5, 5.41) is 12.7. The van der Waals surface area contributed by atoms with E-state index in [9.17, 15) is 10.1 Å². The number of hydrogen-bond acceptors (Lipinski definition) is 7. The molecule has 9 nitrogen and oxygen atoms in total. The van der Waals surface area contributed by atoms with Crippen molar-refractivity contribution in [1.82, 2.24) is 19.5 Å². The van der Waals surface area contributed by atoms with Gasteiger partial charge in [0.1, 0.15) is 12.7 Å². The number of piperazine rings is 1. The van der Waals surface area contributed by atoms with Crippen LogP contribution in [0.1, 0.15) is 6.92 Å². The van der Waals surface area contributed by atoms with Gasteiger partial charge in [0.05, 0.1) is 0 Å². The highest BCUT2D eigenvalue weighted by Gasteiger charge is 2.39. The van der Waals surface area contributed by atoms with Gasteiger partial charge in [-0.05, 0) is 11.8 Å². The molecule has 0 bridgehead atoms. The standard InChI is InChI=1S/C11H18N6O3/c1-8(14-2-4-15(12)5-3-14)9-7-16-10(17(18)19)6-13-11(16)20-9/h6,8-9H,2-5,7,12H2,1H3/t8-,9-/m0/s1. The number of hydrogen-bond donors (Lipinski definition) is 1. The normalized spacial score (nSPS) is 25.2. The fourth-order valence-corrected chi connectivity index (χ4v) is 2.75. The van der Waals surface area contributed by atoms with Gasteiger partial charge in [-0.1, -0.05) is 0 Å². The average Bonchev–Trinajstić information content (AvgIpc) is 2.97. The minimum atomic E-state index is -0.430. The van der Waals surface area contributed by atoms with E-state index in [1.807, 2.05) is 0 Å². The summed E-state index contributed by atoms with van der Waals surface area (Å²) in [5.74, 6) is 5.73. The quantitative estimate of drug-likeness (QED) is 0.450. The number of nitrogens with two attached hydrogens (primary N) is 1. The number of fused-ring (bicyclic) bond motifs is 1. The highest BCUT2D eigenvalue weighted by molar-refractivity contribution is 5.25. The SMILES string of the molecule is C[C@@H]([C@@H]1Cn2c([N+](=O)[O-])cnc2O1)N1CCN(N)CC1. The molecule has 0 spiro atoms. The second-order valence-electron chi connectivity index (χ2n) is 5.24. The van der Waals surface area contributed by atoms with Gasteiger partial charge in [0, 0.05) is 32.2 Å².